The first kappa shape index (κ1) is 12.3. The molecule has 0 aliphatic carbocycles. The Bertz CT molecular complexity index is 414. The molecule has 3 N–H and O–H groups in total. The molecule has 0 radical (unpaired) electrons. The summed E-state index contributed by atoms with van der Waals surface area (Å²) in [5.74, 6) is 0.420. The number of aromatic nitrogens is 1. The van der Waals surface area contributed by atoms with Crippen molar-refractivity contribution in [3.8, 4) is 5.88 Å². The molecule has 88 valence electrons. The van der Waals surface area contributed by atoms with Crippen LogP contribution in [0.1, 0.15) is 30.7 Å². The zero-order valence-electron chi connectivity index (χ0n) is 9.98. The van der Waals surface area contributed by atoms with Crippen LogP contribution < -0.4 is 10.5 Å². The predicted octanol–water partition coefficient (Wildman–Crippen LogP) is 1.58. The van der Waals surface area contributed by atoms with Crippen LogP contribution in [0.4, 0.5) is 0 Å². The van der Waals surface area contributed by atoms with E-state index >= 15 is 0 Å². The summed E-state index contributed by atoms with van der Waals surface area (Å²) < 4.78 is 5.55. The molecule has 1 rings (SSSR count). The number of oxime groups is 1. The number of hydrogen-bond acceptors (Lipinski definition) is 4. The molecular weight excluding hydrogens is 206 g/mol. The molecule has 0 aliphatic heterocycles. The number of amidine groups is 1. The van der Waals surface area contributed by atoms with Crippen molar-refractivity contribution >= 4 is 5.84 Å². The molecule has 1 aromatic rings. The zero-order chi connectivity index (χ0) is 12.3. The van der Waals surface area contributed by atoms with Crippen LogP contribution in [-0.4, -0.2) is 22.1 Å². The number of pyridine rings is 1. The second-order valence-corrected chi connectivity index (χ2v) is 3.91. The topological polar surface area (TPSA) is 80.7 Å². The van der Waals surface area contributed by atoms with E-state index in [1.807, 2.05) is 33.8 Å². The van der Waals surface area contributed by atoms with E-state index in [9.17, 15) is 0 Å². The minimum absolute atomic E-state index is 0.0145. The van der Waals surface area contributed by atoms with Crippen molar-refractivity contribution in [2.24, 2.45) is 10.9 Å². The molecular formula is C11H17N3O2. The fourth-order valence-electron chi connectivity index (χ4n) is 1.47. The Morgan fingerprint density at radius 1 is 1.50 bits per heavy atom. The molecule has 0 spiro atoms. The van der Waals surface area contributed by atoms with E-state index < -0.39 is 0 Å². The van der Waals surface area contributed by atoms with Gasteiger partial charge in [-0.15, -0.1) is 0 Å². The van der Waals surface area contributed by atoms with E-state index in [0.29, 0.717) is 11.4 Å². The highest BCUT2D eigenvalue weighted by Crippen LogP contribution is 2.21. The van der Waals surface area contributed by atoms with Gasteiger partial charge >= 0.3 is 0 Å². The summed E-state index contributed by atoms with van der Waals surface area (Å²) in [6, 6.07) is 1.86. The van der Waals surface area contributed by atoms with Gasteiger partial charge in [0, 0.05) is 5.69 Å². The normalized spacial score (nSPS) is 11.9. The average Bonchev–Trinajstić information content (AvgIpc) is 2.14. The van der Waals surface area contributed by atoms with Crippen LogP contribution in [0.25, 0.3) is 0 Å². The van der Waals surface area contributed by atoms with Gasteiger partial charge < -0.3 is 15.7 Å². The summed E-state index contributed by atoms with van der Waals surface area (Å²) in [6.07, 6.45) is -0.0149. The van der Waals surface area contributed by atoms with Crippen LogP contribution in [0.2, 0.25) is 0 Å². The molecule has 0 amide bonds. The number of rotatable bonds is 3. The molecule has 5 heteroatoms. The van der Waals surface area contributed by atoms with Crippen molar-refractivity contribution in [2.75, 3.05) is 0 Å². The number of nitrogens with zero attached hydrogens (tertiary/aromatic N) is 2. The Morgan fingerprint density at radius 3 is 2.62 bits per heavy atom. The monoisotopic (exact) mass is 223 g/mol. The molecule has 0 aromatic carbocycles. The first-order chi connectivity index (χ1) is 7.45. The van der Waals surface area contributed by atoms with E-state index in [1.54, 1.807) is 0 Å². The van der Waals surface area contributed by atoms with Crippen molar-refractivity contribution in [3.63, 3.8) is 0 Å². The highest BCUT2D eigenvalue weighted by Gasteiger charge is 2.15. The quantitative estimate of drug-likeness (QED) is 0.353. The molecule has 0 unspecified atom stereocenters. The summed E-state index contributed by atoms with van der Waals surface area (Å²) in [6.45, 7) is 7.54. The summed E-state index contributed by atoms with van der Waals surface area (Å²) >= 11 is 0. The molecule has 0 saturated heterocycles. The molecule has 0 saturated carbocycles. The lowest BCUT2D eigenvalue weighted by Crippen LogP contribution is -2.19. The Kier molecular flexibility index (Phi) is 3.71. The molecule has 0 aliphatic rings. The molecule has 16 heavy (non-hydrogen) atoms. The Morgan fingerprint density at radius 2 is 2.12 bits per heavy atom. The van der Waals surface area contributed by atoms with Crippen LogP contribution in [-0.2, 0) is 0 Å². The Labute approximate surface area is 94.9 Å². The van der Waals surface area contributed by atoms with Gasteiger partial charge in [0.05, 0.1) is 11.7 Å². The summed E-state index contributed by atoms with van der Waals surface area (Å²) in [4.78, 5) is 4.25. The van der Waals surface area contributed by atoms with Crippen LogP contribution >= 0.6 is 0 Å². The highest BCUT2D eigenvalue weighted by atomic mass is 16.5. The fourth-order valence-corrected chi connectivity index (χ4v) is 1.47. The van der Waals surface area contributed by atoms with Crippen LogP contribution in [0.15, 0.2) is 11.2 Å². The van der Waals surface area contributed by atoms with E-state index in [4.69, 9.17) is 15.7 Å². The van der Waals surface area contributed by atoms with Crippen molar-refractivity contribution in [3.05, 3.63) is 22.9 Å². The smallest absolute Gasteiger partial charge is 0.225 e. The summed E-state index contributed by atoms with van der Waals surface area (Å²) in [7, 11) is 0. The SMILES string of the molecule is Cc1cc(C)c(C(N)=NO)c(OC(C)C)n1. The lowest BCUT2D eigenvalue weighted by atomic mass is 10.1. The largest absolute Gasteiger partial charge is 0.474 e. The van der Waals surface area contributed by atoms with Crippen LogP contribution in [0.5, 0.6) is 5.88 Å². The average molecular weight is 223 g/mol. The van der Waals surface area contributed by atoms with Gasteiger partial charge in [0.1, 0.15) is 0 Å². The van der Waals surface area contributed by atoms with Crippen molar-refractivity contribution in [2.45, 2.75) is 33.8 Å². The fraction of sp³-hybridized carbons (Fsp3) is 0.455. The summed E-state index contributed by atoms with van der Waals surface area (Å²) in [5, 5.41) is 11.7. The van der Waals surface area contributed by atoms with E-state index in [1.165, 1.54) is 0 Å². The third-order valence-corrected chi connectivity index (χ3v) is 2.02. The molecule has 0 fully saturated rings. The van der Waals surface area contributed by atoms with Gasteiger partial charge in [0.2, 0.25) is 5.88 Å². The Balaban J connectivity index is 3.32. The number of hydrogen-bond donors (Lipinski definition) is 2. The van der Waals surface area contributed by atoms with Crippen LogP contribution in [0, 0.1) is 13.8 Å². The van der Waals surface area contributed by atoms with Gasteiger partial charge in [0.25, 0.3) is 0 Å². The third-order valence-electron chi connectivity index (χ3n) is 2.02. The zero-order valence-corrected chi connectivity index (χ0v) is 9.98. The minimum Gasteiger partial charge on any atom is -0.474 e. The second kappa shape index (κ2) is 4.83. The maximum absolute atomic E-state index is 8.72. The predicted molar refractivity (Wildman–Crippen MR) is 62.0 cm³/mol. The number of ether oxygens (including phenoxy) is 1. The highest BCUT2D eigenvalue weighted by molar-refractivity contribution is 6.00. The Hall–Kier alpha value is -1.78. The minimum atomic E-state index is -0.0149. The van der Waals surface area contributed by atoms with Crippen molar-refractivity contribution in [1.29, 1.82) is 0 Å². The lowest BCUT2D eigenvalue weighted by molar-refractivity contribution is 0.231. The van der Waals surface area contributed by atoms with Gasteiger partial charge in [-0.2, -0.15) is 0 Å². The molecule has 1 aromatic heterocycles. The van der Waals surface area contributed by atoms with Gasteiger partial charge in [-0.25, -0.2) is 4.98 Å². The van der Waals surface area contributed by atoms with Crippen LogP contribution in [0.3, 0.4) is 0 Å². The maximum Gasteiger partial charge on any atom is 0.225 e. The maximum atomic E-state index is 8.72. The van der Waals surface area contributed by atoms with Crippen molar-refractivity contribution < 1.29 is 9.94 Å². The lowest BCUT2D eigenvalue weighted by Gasteiger charge is -2.15. The first-order valence-electron chi connectivity index (χ1n) is 5.08. The summed E-state index contributed by atoms with van der Waals surface area (Å²) in [5.41, 5.74) is 7.85. The third kappa shape index (κ3) is 2.62. The second-order valence-electron chi connectivity index (χ2n) is 3.91. The molecule has 1 heterocycles. The van der Waals surface area contributed by atoms with Gasteiger partial charge in [-0.05, 0) is 39.3 Å². The van der Waals surface area contributed by atoms with E-state index in [2.05, 4.69) is 10.1 Å². The molecule has 0 bridgehead atoms. The van der Waals surface area contributed by atoms with E-state index in [-0.39, 0.29) is 11.9 Å². The molecule has 0 atom stereocenters. The number of nitrogens with two attached hydrogens (primary N) is 1. The van der Waals surface area contributed by atoms with E-state index in [0.717, 1.165) is 11.3 Å². The standard InChI is InChI=1S/C11H17N3O2/c1-6(2)16-11-9(10(12)14-15)7(3)5-8(4)13-11/h5-6,15H,1-4H3,(H2,12,14). The first-order valence-corrected chi connectivity index (χ1v) is 5.08. The van der Waals surface area contributed by atoms with Gasteiger partial charge in [-0.1, -0.05) is 5.16 Å². The van der Waals surface area contributed by atoms with Gasteiger partial charge in [-0.3, -0.25) is 0 Å². The molecule has 5 nitrogen and oxygen atoms in total. The van der Waals surface area contributed by atoms with Crippen molar-refractivity contribution in [1.82, 2.24) is 4.98 Å². The number of aryl methyl sites for hydroxylation is 2. The van der Waals surface area contributed by atoms with Gasteiger partial charge in [0.15, 0.2) is 5.84 Å².